The Hall–Kier alpha value is 0.130. The molecule has 2 heterocycles. The van der Waals surface area contributed by atoms with Gasteiger partial charge in [-0.05, 0) is 13.3 Å². The highest BCUT2D eigenvalue weighted by Gasteiger charge is 2.30. The fourth-order valence-corrected chi connectivity index (χ4v) is 4.74. The van der Waals surface area contributed by atoms with E-state index in [0.29, 0.717) is 16.4 Å². The third-order valence-corrected chi connectivity index (χ3v) is 5.93. The van der Waals surface area contributed by atoms with Gasteiger partial charge in [0.2, 0.25) is 5.89 Å². The standard InChI is InChI=1S/C10H15ClN2OS2/c1-3-7-8(16-5-4-15-7)9-12-10(6(2)11)14-13-9/h6-8H,3-5H2,1-2H3. The van der Waals surface area contributed by atoms with E-state index in [1.165, 1.54) is 5.75 Å². The van der Waals surface area contributed by atoms with Crippen molar-refractivity contribution in [2.45, 2.75) is 36.1 Å². The van der Waals surface area contributed by atoms with Crippen LogP contribution >= 0.6 is 35.1 Å². The number of aromatic nitrogens is 2. The molecule has 0 amide bonds. The maximum absolute atomic E-state index is 5.92. The van der Waals surface area contributed by atoms with Gasteiger partial charge in [0.25, 0.3) is 0 Å². The van der Waals surface area contributed by atoms with Crippen LogP contribution in [0.4, 0.5) is 0 Å². The molecule has 0 N–H and O–H groups in total. The fourth-order valence-electron chi connectivity index (χ4n) is 1.67. The molecular formula is C10H15ClN2OS2. The van der Waals surface area contributed by atoms with E-state index in [1.54, 1.807) is 0 Å². The Morgan fingerprint density at radius 1 is 1.50 bits per heavy atom. The van der Waals surface area contributed by atoms with Crippen LogP contribution in [0.25, 0.3) is 0 Å². The average Bonchev–Trinajstić information content (AvgIpc) is 2.78. The Morgan fingerprint density at radius 2 is 2.25 bits per heavy atom. The molecule has 0 spiro atoms. The minimum Gasteiger partial charge on any atom is -0.338 e. The van der Waals surface area contributed by atoms with Gasteiger partial charge in [-0.25, -0.2) is 0 Å². The Labute approximate surface area is 109 Å². The smallest absolute Gasteiger partial charge is 0.244 e. The predicted octanol–water partition coefficient (Wildman–Crippen LogP) is 3.67. The average molecular weight is 279 g/mol. The lowest BCUT2D eigenvalue weighted by Crippen LogP contribution is -2.19. The van der Waals surface area contributed by atoms with E-state index in [9.17, 15) is 0 Å². The zero-order chi connectivity index (χ0) is 11.5. The summed E-state index contributed by atoms with van der Waals surface area (Å²) in [6.45, 7) is 4.06. The summed E-state index contributed by atoms with van der Waals surface area (Å²) in [4.78, 5) is 4.39. The largest absolute Gasteiger partial charge is 0.338 e. The predicted molar refractivity (Wildman–Crippen MR) is 70.3 cm³/mol. The zero-order valence-corrected chi connectivity index (χ0v) is 11.7. The lowest BCUT2D eigenvalue weighted by Gasteiger charge is -2.27. The summed E-state index contributed by atoms with van der Waals surface area (Å²) in [5, 5.41) is 4.80. The van der Waals surface area contributed by atoms with Crippen molar-refractivity contribution in [3.05, 3.63) is 11.7 Å². The van der Waals surface area contributed by atoms with E-state index in [4.69, 9.17) is 16.1 Å². The highest BCUT2D eigenvalue weighted by Crippen LogP contribution is 2.43. The molecule has 16 heavy (non-hydrogen) atoms. The van der Waals surface area contributed by atoms with Gasteiger partial charge in [0.05, 0.1) is 5.25 Å². The first-order valence-corrected chi connectivity index (χ1v) is 7.96. The SMILES string of the molecule is CCC1SCCSC1c1noc(C(C)Cl)n1. The van der Waals surface area contributed by atoms with Gasteiger partial charge in [0.1, 0.15) is 5.38 Å². The normalized spacial score (nSPS) is 27.9. The summed E-state index contributed by atoms with van der Waals surface area (Å²) in [6, 6.07) is 0. The van der Waals surface area contributed by atoms with Crippen molar-refractivity contribution in [1.82, 2.24) is 10.1 Å². The van der Waals surface area contributed by atoms with E-state index >= 15 is 0 Å². The van der Waals surface area contributed by atoms with E-state index in [-0.39, 0.29) is 5.38 Å². The highest BCUT2D eigenvalue weighted by atomic mass is 35.5. The van der Waals surface area contributed by atoms with Crippen LogP contribution in [-0.2, 0) is 0 Å². The van der Waals surface area contributed by atoms with Gasteiger partial charge in [-0.15, -0.1) is 23.4 Å². The molecule has 0 saturated carbocycles. The fraction of sp³-hybridized carbons (Fsp3) is 0.800. The topological polar surface area (TPSA) is 38.9 Å². The van der Waals surface area contributed by atoms with E-state index in [1.807, 2.05) is 30.4 Å². The van der Waals surface area contributed by atoms with Crippen LogP contribution in [0.2, 0.25) is 0 Å². The lowest BCUT2D eigenvalue weighted by molar-refractivity contribution is 0.373. The van der Waals surface area contributed by atoms with Crippen molar-refractivity contribution in [2.24, 2.45) is 0 Å². The number of nitrogens with zero attached hydrogens (tertiary/aromatic N) is 2. The zero-order valence-electron chi connectivity index (χ0n) is 9.35. The Balaban J connectivity index is 2.14. The minimum absolute atomic E-state index is 0.206. The molecule has 3 atom stereocenters. The summed E-state index contributed by atoms with van der Waals surface area (Å²) in [6.07, 6.45) is 1.14. The van der Waals surface area contributed by atoms with Gasteiger partial charge in [0.15, 0.2) is 5.82 Å². The lowest BCUT2D eigenvalue weighted by atomic mass is 10.2. The summed E-state index contributed by atoms with van der Waals surface area (Å²) >= 11 is 9.85. The molecule has 1 fully saturated rings. The highest BCUT2D eigenvalue weighted by molar-refractivity contribution is 8.06. The molecule has 90 valence electrons. The summed E-state index contributed by atoms with van der Waals surface area (Å²) in [5.41, 5.74) is 0. The molecule has 1 saturated heterocycles. The maximum Gasteiger partial charge on any atom is 0.244 e. The summed E-state index contributed by atoms with van der Waals surface area (Å²) < 4.78 is 5.16. The van der Waals surface area contributed by atoms with Gasteiger partial charge in [0, 0.05) is 16.8 Å². The van der Waals surface area contributed by atoms with Gasteiger partial charge < -0.3 is 4.52 Å². The molecule has 6 heteroatoms. The molecule has 0 aromatic carbocycles. The number of rotatable bonds is 3. The maximum atomic E-state index is 5.92. The van der Waals surface area contributed by atoms with Crippen molar-refractivity contribution >= 4 is 35.1 Å². The second kappa shape index (κ2) is 5.65. The summed E-state index contributed by atoms with van der Waals surface area (Å²) in [7, 11) is 0. The number of thioether (sulfide) groups is 2. The first kappa shape index (κ1) is 12.6. The van der Waals surface area contributed by atoms with E-state index < -0.39 is 0 Å². The van der Waals surface area contributed by atoms with Gasteiger partial charge in [-0.1, -0.05) is 12.1 Å². The molecule has 2 rings (SSSR count). The molecule has 1 aliphatic heterocycles. The third kappa shape index (κ3) is 2.68. The molecule has 0 bridgehead atoms. The van der Waals surface area contributed by atoms with Crippen molar-refractivity contribution < 1.29 is 4.52 Å². The van der Waals surface area contributed by atoms with Crippen molar-refractivity contribution in [3.8, 4) is 0 Å². The van der Waals surface area contributed by atoms with Gasteiger partial charge in [-0.3, -0.25) is 0 Å². The second-order valence-corrected chi connectivity index (χ2v) is 6.97. The van der Waals surface area contributed by atoms with E-state index in [2.05, 4.69) is 17.1 Å². The van der Waals surface area contributed by atoms with Crippen molar-refractivity contribution in [3.63, 3.8) is 0 Å². The van der Waals surface area contributed by atoms with Crippen LogP contribution in [-0.4, -0.2) is 26.9 Å². The Morgan fingerprint density at radius 3 is 2.88 bits per heavy atom. The first-order valence-electron chi connectivity index (χ1n) is 5.43. The molecule has 1 aromatic rings. The molecule has 0 radical (unpaired) electrons. The second-order valence-electron chi connectivity index (χ2n) is 3.72. The van der Waals surface area contributed by atoms with Crippen LogP contribution in [0.3, 0.4) is 0 Å². The van der Waals surface area contributed by atoms with Crippen molar-refractivity contribution in [1.29, 1.82) is 0 Å². The van der Waals surface area contributed by atoms with Gasteiger partial charge in [-0.2, -0.15) is 16.7 Å². The number of alkyl halides is 1. The number of halogens is 1. The van der Waals surface area contributed by atoms with Gasteiger partial charge >= 0.3 is 0 Å². The monoisotopic (exact) mass is 278 g/mol. The molecular weight excluding hydrogens is 264 g/mol. The van der Waals surface area contributed by atoms with Crippen LogP contribution in [0, 0.1) is 0 Å². The van der Waals surface area contributed by atoms with Crippen LogP contribution in [0.1, 0.15) is 42.6 Å². The van der Waals surface area contributed by atoms with Crippen LogP contribution < -0.4 is 0 Å². The molecule has 3 unspecified atom stereocenters. The number of hydrogen-bond acceptors (Lipinski definition) is 5. The third-order valence-electron chi connectivity index (χ3n) is 2.50. The minimum atomic E-state index is -0.206. The van der Waals surface area contributed by atoms with Crippen molar-refractivity contribution in [2.75, 3.05) is 11.5 Å². The first-order chi connectivity index (χ1) is 7.72. The quantitative estimate of drug-likeness (QED) is 0.789. The molecule has 0 aliphatic carbocycles. The summed E-state index contributed by atoms with van der Waals surface area (Å²) in [5.74, 6) is 3.72. The molecule has 1 aliphatic rings. The molecule has 1 aromatic heterocycles. The van der Waals surface area contributed by atoms with Crippen LogP contribution in [0.15, 0.2) is 4.52 Å². The van der Waals surface area contributed by atoms with E-state index in [0.717, 1.165) is 18.0 Å². The van der Waals surface area contributed by atoms with Crippen LogP contribution in [0.5, 0.6) is 0 Å². The Kier molecular flexibility index (Phi) is 4.44. The Bertz CT molecular complexity index is 345. The number of hydrogen-bond donors (Lipinski definition) is 0. The molecule has 3 nitrogen and oxygen atoms in total.